The third kappa shape index (κ3) is 3.53. The molecule has 5 nitrogen and oxygen atoms in total. The second-order valence-corrected chi connectivity index (χ2v) is 6.92. The fraction of sp³-hybridized carbons (Fsp3) is 0.227. The topological polar surface area (TPSA) is 55.2 Å². The molecule has 2 aromatic carbocycles. The van der Waals surface area contributed by atoms with Gasteiger partial charge in [-0.1, -0.05) is 54.6 Å². The van der Waals surface area contributed by atoms with Crippen LogP contribution in [-0.2, 0) is 11.2 Å². The van der Waals surface area contributed by atoms with Crippen LogP contribution in [0.4, 0.5) is 0 Å². The molecule has 1 aliphatic heterocycles. The van der Waals surface area contributed by atoms with Crippen LogP contribution >= 0.6 is 0 Å². The third-order valence-electron chi connectivity index (χ3n) is 5.06. The lowest BCUT2D eigenvalue weighted by molar-refractivity contribution is -0.136. The highest BCUT2D eigenvalue weighted by atomic mass is 16.2. The first-order chi connectivity index (χ1) is 13.1. The van der Waals surface area contributed by atoms with E-state index in [2.05, 4.69) is 5.10 Å². The summed E-state index contributed by atoms with van der Waals surface area (Å²) in [6.07, 6.45) is 0.395. The van der Waals surface area contributed by atoms with E-state index in [1.807, 2.05) is 61.5 Å². The van der Waals surface area contributed by atoms with Crippen LogP contribution in [0.5, 0.6) is 0 Å². The Morgan fingerprint density at radius 3 is 2.44 bits per heavy atom. The smallest absolute Gasteiger partial charge is 0.267 e. The largest absolute Gasteiger partial charge is 0.338 e. The Hall–Kier alpha value is -3.21. The number of nitrogens with zero attached hydrogens (tertiary/aromatic N) is 3. The van der Waals surface area contributed by atoms with Crippen molar-refractivity contribution in [2.75, 3.05) is 13.1 Å². The van der Waals surface area contributed by atoms with Crippen LogP contribution < -0.4 is 5.56 Å². The van der Waals surface area contributed by atoms with E-state index in [0.717, 1.165) is 22.4 Å². The summed E-state index contributed by atoms with van der Waals surface area (Å²) in [5, 5.41) is 4.52. The van der Waals surface area contributed by atoms with Gasteiger partial charge in [-0.3, -0.25) is 9.59 Å². The molecule has 1 saturated heterocycles. The molecule has 1 aliphatic rings. The van der Waals surface area contributed by atoms with Crippen molar-refractivity contribution in [1.82, 2.24) is 14.7 Å². The standard InChI is InChI=1S/C22H21N3O2/c1-16-7-5-6-10-18(16)13-22(27)24-14-19(15-24)25-21(26)12-11-20(23-25)17-8-3-2-4-9-17/h2-12,19H,13-15H2,1H3. The number of carbonyl (C=O) groups excluding carboxylic acids is 1. The van der Waals surface area contributed by atoms with Gasteiger partial charge in [0, 0.05) is 24.7 Å². The molecular formula is C22H21N3O2. The van der Waals surface area contributed by atoms with E-state index < -0.39 is 0 Å². The molecule has 0 saturated carbocycles. The van der Waals surface area contributed by atoms with Crippen LogP contribution in [0.1, 0.15) is 17.2 Å². The maximum Gasteiger partial charge on any atom is 0.267 e. The van der Waals surface area contributed by atoms with Crippen molar-refractivity contribution in [2.24, 2.45) is 0 Å². The summed E-state index contributed by atoms with van der Waals surface area (Å²) in [5.74, 6) is 0.0906. The maximum atomic E-state index is 12.5. The van der Waals surface area contributed by atoms with Gasteiger partial charge in [0.25, 0.3) is 5.56 Å². The second-order valence-electron chi connectivity index (χ2n) is 6.92. The van der Waals surface area contributed by atoms with Crippen LogP contribution in [0.15, 0.2) is 71.5 Å². The Bertz CT molecular complexity index is 1020. The van der Waals surface area contributed by atoms with Crippen molar-refractivity contribution >= 4 is 5.91 Å². The predicted octanol–water partition coefficient (Wildman–Crippen LogP) is 2.84. The Labute approximate surface area is 157 Å². The van der Waals surface area contributed by atoms with E-state index in [0.29, 0.717) is 19.5 Å². The summed E-state index contributed by atoms with van der Waals surface area (Å²) in [6, 6.07) is 20.9. The quantitative estimate of drug-likeness (QED) is 0.720. The van der Waals surface area contributed by atoms with E-state index in [1.54, 1.807) is 17.0 Å². The van der Waals surface area contributed by atoms with Crippen molar-refractivity contribution in [1.29, 1.82) is 0 Å². The van der Waals surface area contributed by atoms with Gasteiger partial charge < -0.3 is 4.90 Å². The Balaban J connectivity index is 1.46. The molecule has 0 atom stereocenters. The van der Waals surface area contributed by atoms with Crippen molar-refractivity contribution in [3.05, 3.63) is 88.2 Å². The molecule has 0 bridgehead atoms. The number of amides is 1. The van der Waals surface area contributed by atoms with E-state index in [4.69, 9.17) is 0 Å². The molecule has 3 aromatic rings. The molecule has 1 amide bonds. The zero-order chi connectivity index (χ0) is 18.8. The highest BCUT2D eigenvalue weighted by molar-refractivity contribution is 5.80. The fourth-order valence-electron chi connectivity index (χ4n) is 3.35. The molecule has 0 radical (unpaired) electrons. The lowest BCUT2D eigenvalue weighted by atomic mass is 10.0. The summed E-state index contributed by atoms with van der Waals surface area (Å²) in [6.45, 7) is 3.06. The van der Waals surface area contributed by atoms with Crippen molar-refractivity contribution in [3.63, 3.8) is 0 Å². The summed E-state index contributed by atoms with van der Waals surface area (Å²) in [4.78, 5) is 26.6. The van der Waals surface area contributed by atoms with Crippen LogP contribution in [0.2, 0.25) is 0 Å². The van der Waals surface area contributed by atoms with Gasteiger partial charge in [0.2, 0.25) is 5.91 Å². The molecule has 136 valence electrons. The highest BCUT2D eigenvalue weighted by Gasteiger charge is 2.33. The van der Waals surface area contributed by atoms with E-state index in [9.17, 15) is 9.59 Å². The van der Waals surface area contributed by atoms with Gasteiger partial charge >= 0.3 is 0 Å². The van der Waals surface area contributed by atoms with Crippen molar-refractivity contribution in [2.45, 2.75) is 19.4 Å². The van der Waals surface area contributed by atoms with Gasteiger partial charge in [-0.05, 0) is 24.1 Å². The summed E-state index contributed by atoms with van der Waals surface area (Å²) in [7, 11) is 0. The van der Waals surface area contributed by atoms with Gasteiger partial charge in [-0.2, -0.15) is 5.10 Å². The minimum atomic E-state index is -0.134. The summed E-state index contributed by atoms with van der Waals surface area (Å²) in [5.41, 5.74) is 3.77. The molecule has 0 spiro atoms. The molecule has 2 heterocycles. The van der Waals surface area contributed by atoms with Crippen LogP contribution in [-0.4, -0.2) is 33.7 Å². The van der Waals surface area contributed by atoms with Gasteiger partial charge in [0.15, 0.2) is 0 Å². The Morgan fingerprint density at radius 2 is 1.70 bits per heavy atom. The van der Waals surface area contributed by atoms with Gasteiger partial charge in [0.1, 0.15) is 0 Å². The number of carbonyl (C=O) groups is 1. The zero-order valence-electron chi connectivity index (χ0n) is 15.2. The van der Waals surface area contributed by atoms with Crippen molar-refractivity contribution in [3.8, 4) is 11.3 Å². The average Bonchev–Trinajstić information content (AvgIpc) is 2.65. The molecule has 27 heavy (non-hydrogen) atoms. The van der Waals surface area contributed by atoms with E-state index >= 15 is 0 Å². The van der Waals surface area contributed by atoms with Crippen LogP contribution in [0, 0.1) is 6.92 Å². The van der Waals surface area contributed by atoms with Crippen LogP contribution in [0.3, 0.4) is 0 Å². The first kappa shape index (κ1) is 17.2. The molecule has 4 rings (SSSR count). The maximum absolute atomic E-state index is 12.5. The zero-order valence-corrected chi connectivity index (χ0v) is 15.2. The molecular weight excluding hydrogens is 338 g/mol. The fourth-order valence-corrected chi connectivity index (χ4v) is 3.35. The number of hydrogen-bond donors (Lipinski definition) is 0. The summed E-state index contributed by atoms with van der Waals surface area (Å²) >= 11 is 0. The lowest BCUT2D eigenvalue weighted by Gasteiger charge is -2.39. The average molecular weight is 359 g/mol. The number of likely N-dealkylation sites (tertiary alicyclic amines) is 1. The lowest BCUT2D eigenvalue weighted by Crippen LogP contribution is -2.53. The second kappa shape index (κ2) is 7.19. The predicted molar refractivity (Wildman–Crippen MR) is 104 cm³/mol. The molecule has 1 fully saturated rings. The monoisotopic (exact) mass is 359 g/mol. The number of benzene rings is 2. The van der Waals surface area contributed by atoms with Crippen LogP contribution in [0.25, 0.3) is 11.3 Å². The Kier molecular flexibility index (Phi) is 4.59. The molecule has 0 unspecified atom stereocenters. The normalized spacial score (nSPS) is 14.0. The minimum Gasteiger partial charge on any atom is -0.338 e. The molecule has 5 heteroatoms. The van der Waals surface area contributed by atoms with E-state index in [-0.39, 0.29) is 17.5 Å². The molecule has 0 aliphatic carbocycles. The number of aryl methyl sites for hydroxylation is 1. The van der Waals surface area contributed by atoms with E-state index in [1.165, 1.54) is 4.68 Å². The minimum absolute atomic E-state index is 0.0676. The summed E-state index contributed by atoms with van der Waals surface area (Å²) < 4.78 is 1.51. The first-order valence-electron chi connectivity index (χ1n) is 9.09. The SMILES string of the molecule is Cc1ccccc1CC(=O)N1CC(n2nc(-c3ccccc3)ccc2=O)C1. The molecule has 0 N–H and O–H groups in total. The highest BCUT2D eigenvalue weighted by Crippen LogP contribution is 2.22. The number of aromatic nitrogens is 2. The number of hydrogen-bond acceptors (Lipinski definition) is 3. The van der Waals surface area contributed by atoms with Crippen molar-refractivity contribution < 1.29 is 4.79 Å². The van der Waals surface area contributed by atoms with Gasteiger partial charge in [-0.25, -0.2) is 4.68 Å². The van der Waals surface area contributed by atoms with Gasteiger partial charge in [0.05, 0.1) is 18.2 Å². The Morgan fingerprint density at radius 1 is 1.00 bits per heavy atom. The molecule has 1 aromatic heterocycles. The third-order valence-corrected chi connectivity index (χ3v) is 5.06. The van der Waals surface area contributed by atoms with Gasteiger partial charge in [-0.15, -0.1) is 0 Å². The number of rotatable bonds is 4. The first-order valence-corrected chi connectivity index (χ1v) is 9.09.